The van der Waals surface area contributed by atoms with Crippen LogP contribution in [0.5, 0.6) is 0 Å². The van der Waals surface area contributed by atoms with Crippen LogP contribution in [0.4, 0.5) is 5.69 Å². The molecule has 0 saturated heterocycles. The van der Waals surface area contributed by atoms with Crippen LogP contribution in [0.25, 0.3) is 0 Å². The van der Waals surface area contributed by atoms with Crippen LogP contribution in [0.3, 0.4) is 0 Å². The van der Waals surface area contributed by atoms with E-state index >= 15 is 0 Å². The Bertz CT molecular complexity index is 524. The maximum absolute atomic E-state index is 11.4. The number of carbonyl (C=O) groups is 1. The van der Waals surface area contributed by atoms with Gasteiger partial charge in [0.2, 0.25) is 0 Å². The third kappa shape index (κ3) is 1.89. The standard InChI is InChI=1S/C17H21NO/c19-16-5-3-12(4-6-16)15-10-13-2-1-8-18-9-7-14(11-15)17(13)18/h10-12H,1-9H2. The summed E-state index contributed by atoms with van der Waals surface area (Å²) in [5.74, 6) is 1.10. The summed E-state index contributed by atoms with van der Waals surface area (Å²) in [4.78, 5) is 14.0. The smallest absolute Gasteiger partial charge is 0.132 e. The third-order valence-corrected chi connectivity index (χ3v) is 5.15. The quantitative estimate of drug-likeness (QED) is 0.768. The summed E-state index contributed by atoms with van der Waals surface area (Å²) in [5.41, 5.74) is 6.23. The van der Waals surface area contributed by atoms with Crippen molar-refractivity contribution in [2.45, 2.75) is 50.9 Å². The Morgan fingerprint density at radius 2 is 1.68 bits per heavy atom. The van der Waals surface area contributed by atoms with Crippen molar-refractivity contribution in [1.29, 1.82) is 0 Å². The first-order valence-corrected chi connectivity index (χ1v) is 7.73. The highest BCUT2D eigenvalue weighted by Crippen LogP contribution is 2.40. The molecular formula is C17H21NO. The van der Waals surface area contributed by atoms with Gasteiger partial charge >= 0.3 is 0 Å². The van der Waals surface area contributed by atoms with E-state index in [0.717, 1.165) is 25.7 Å². The summed E-state index contributed by atoms with van der Waals surface area (Å²) in [6.45, 7) is 2.46. The Morgan fingerprint density at radius 3 is 2.47 bits per heavy atom. The first-order chi connectivity index (χ1) is 9.31. The lowest BCUT2D eigenvalue weighted by Gasteiger charge is -2.29. The van der Waals surface area contributed by atoms with Gasteiger partial charge in [0.25, 0.3) is 0 Å². The van der Waals surface area contributed by atoms with Gasteiger partial charge in [-0.2, -0.15) is 0 Å². The minimum absolute atomic E-state index is 0.463. The molecule has 1 aromatic rings. The Balaban J connectivity index is 1.69. The van der Waals surface area contributed by atoms with Gasteiger partial charge in [-0.05, 0) is 54.7 Å². The molecule has 3 aliphatic rings. The number of ketones is 1. The van der Waals surface area contributed by atoms with Crippen LogP contribution in [-0.4, -0.2) is 18.9 Å². The van der Waals surface area contributed by atoms with Crippen LogP contribution < -0.4 is 4.90 Å². The number of carbonyl (C=O) groups excluding carboxylic acids is 1. The van der Waals surface area contributed by atoms with Gasteiger partial charge in [-0.3, -0.25) is 4.79 Å². The Hall–Kier alpha value is -1.31. The SMILES string of the molecule is O=C1CCC(c2cc3c4c(c2)CCN4CCC3)CC1. The summed E-state index contributed by atoms with van der Waals surface area (Å²) < 4.78 is 0. The molecule has 0 bridgehead atoms. The summed E-state index contributed by atoms with van der Waals surface area (Å²) in [7, 11) is 0. The zero-order chi connectivity index (χ0) is 12.8. The van der Waals surface area contributed by atoms with Crippen molar-refractivity contribution in [1.82, 2.24) is 0 Å². The van der Waals surface area contributed by atoms with E-state index in [2.05, 4.69) is 17.0 Å². The van der Waals surface area contributed by atoms with Crippen molar-refractivity contribution in [2.75, 3.05) is 18.0 Å². The Morgan fingerprint density at radius 1 is 0.947 bits per heavy atom. The average molecular weight is 255 g/mol. The molecule has 2 nitrogen and oxygen atoms in total. The van der Waals surface area contributed by atoms with Crippen molar-refractivity contribution in [2.24, 2.45) is 0 Å². The predicted octanol–water partition coefficient (Wildman–Crippen LogP) is 3.22. The lowest BCUT2D eigenvalue weighted by Crippen LogP contribution is -2.26. The molecule has 2 heteroatoms. The molecule has 1 saturated carbocycles. The van der Waals surface area contributed by atoms with E-state index in [4.69, 9.17) is 0 Å². The number of nitrogens with zero attached hydrogens (tertiary/aromatic N) is 1. The summed E-state index contributed by atoms with van der Waals surface area (Å²) in [6.07, 6.45) is 7.51. The van der Waals surface area contributed by atoms with E-state index < -0.39 is 0 Å². The van der Waals surface area contributed by atoms with E-state index in [1.54, 1.807) is 16.8 Å². The van der Waals surface area contributed by atoms with Crippen LogP contribution in [0.15, 0.2) is 12.1 Å². The van der Waals surface area contributed by atoms with E-state index in [9.17, 15) is 4.79 Å². The van der Waals surface area contributed by atoms with Gasteiger partial charge in [-0.15, -0.1) is 0 Å². The molecule has 1 aromatic carbocycles. The minimum atomic E-state index is 0.463. The number of Topliss-reactive ketones (excluding diaryl/α,β-unsaturated/α-hetero) is 1. The number of aryl methyl sites for hydroxylation is 1. The van der Waals surface area contributed by atoms with Gasteiger partial charge in [0.15, 0.2) is 0 Å². The molecule has 0 aromatic heterocycles. The molecule has 0 unspecified atom stereocenters. The first-order valence-electron chi connectivity index (χ1n) is 7.73. The molecule has 0 radical (unpaired) electrons. The van der Waals surface area contributed by atoms with Gasteiger partial charge in [-0.25, -0.2) is 0 Å². The van der Waals surface area contributed by atoms with Crippen LogP contribution in [0.1, 0.15) is 54.7 Å². The highest BCUT2D eigenvalue weighted by Gasteiger charge is 2.28. The minimum Gasteiger partial charge on any atom is -0.371 e. The molecule has 0 spiro atoms. The predicted molar refractivity (Wildman–Crippen MR) is 76.9 cm³/mol. The maximum Gasteiger partial charge on any atom is 0.132 e. The monoisotopic (exact) mass is 255 g/mol. The zero-order valence-electron chi connectivity index (χ0n) is 11.5. The van der Waals surface area contributed by atoms with Gasteiger partial charge in [0.1, 0.15) is 5.78 Å². The molecule has 2 aliphatic heterocycles. The van der Waals surface area contributed by atoms with E-state index in [0.29, 0.717) is 11.7 Å². The van der Waals surface area contributed by atoms with Gasteiger partial charge in [0.05, 0.1) is 0 Å². The van der Waals surface area contributed by atoms with Crippen molar-refractivity contribution in [3.8, 4) is 0 Å². The number of anilines is 1. The number of benzene rings is 1. The molecule has 4 rings (SSSR count). The average Bonchev–Trinajstić information content (AvgIpc) is 2.85. The molecule has 1 fully saturated rings. The van der Waals surface area contributed by atoms with E-state index in [1.807, 2.05) is 0 Å². The zero-order valence-corrected chi connectivity index (χ0v) is 11.5. The number of hydrogen-bond acceptors (Lipinski definition) is 2. The number of rotatable bonds is 1. The van der Waals surface area contributed by atoms with Gasteiger partial charge in [-0.1, -0.05) is 12.1 Å². The van der Waals surface area contributed by atoms with Crippen molar-refractivity contribution in [3.05, 3.63) is 28.8 Å². The fourth-order valence-electron chi connectivity index (χ4n) is 4.13. The van der Waals surface area contributed by atoms with Crippen molar-refractivity contribution in [3.63, 3.8) is 0 Å². The summed E-state index contributed by atoms with van der Waals surface area (Å²) >= 11 is 0. The first kappa shape index (κ1) is 11.5. The fourth-order valence-corrected chi connectivity index (χ4v) is 4.13. The molecule has 0 amide bonds. The van der Waals surface area contributed by atoms with Crippen molar-refractivity contribution >= 4 is 11.5 Å². The van der Waals surface area contributed by atoms with Crippen LogP contribution in [0.2, 0.25) is 0 Å². The fraction of sp³-hybridized carbons (Fsp3) is 0.588. The normalized spacial score (nSPS) is 22.7. The van der Waals surface area contributed by atoms with Crippen LogP contribution in [0, 0.1) is 0 Å². The second-order valence-corrected chi connectivity index (χ2v) is 6.34. The molecule has 2 heterocycles. The summed E-state index contributed by atoms with van der Waals surface area (Å²) in [6, 6.07) is 4.90. The lowest BCUT2D eigenvalue weighted by molar-refractivity contribution is -0.120. The van der Waals surface area contributed by atoms with Crippen LogP contribution in [-0.2, 0) is 17.6 Å². The molecule has 19 heavy (non-hydrogen) atoms. The van der Waals surface area contributed by atoms with Crippen LogP contribution >= 0.6 is 0 Å². The topological polar surface area (TPSA) is 20.3 Å². The third-order valence-electron chi connectivity index (χ3n) is 5.15. The second kappa shape index (κ2) is 4.36. The van der Waals surface area contributed by atoms with Gasteiger partial charge in [0, 0.05) is 31.6 Å². The molecule has 1 aliphatic carbocycles. The maximum atomic E-state index is 11.4. The highest BCUT2D eigenvalue weighted by molar-refractivity contribution is 5.79. The van der Waals surface area contributed by atoms with E-state index in [1.165, 1.54) is 37.9 Å². The molecular weight excluding hydrogens is 234 g/mol. The summed E-state index contributed by atoms with van der Waals surface area (Å²) in [5, 5.41) is 0. The second-order valence-electron chi connectivity index (χ2n) is 6.34. The Kier molecular flexibility index (Phi) is 2.64. The largest absolute Gasteiger partial charge is 0.371 e. The number of hydrogen-bond donors (Lipinski definition) is 0. The highest BCUT2D eigenvalue weighted by atomic mass is 16.1. The molecule has 100 valence electrons. The molecule has 0 N–H and O–H groups in total. The lowest BCUT2D eigenvalue weighted by atomic mass is 9.81. The Labute approximate surface area is 114 Å². The molecule has 0 atom stereocenters. The van der Waals surface area contributed by atoms with E-state index in [-0.39, 0.29) is 0 Å². The van der Waals surface area contributed by atoms with Crippen molar-refractivity contribution < 1.29 is 4.79 Å². The van der Waals surface area contributed by atoms with Gasteiger partial charge < -0.3 is 4.90 Å².